The molecule has 1 saturated heterocycles. The second-order valence-electron chi connectivity index (χ2n) is 5.03. The third-order valence-electron chi connectivity index (χ3n) is 3.90. The summed E-state index contributed by atoms with van der Waals surface area (Å²) in [6, 6.07) is 0. The molecule has 0 aromatic heterocycles. The molecule has 1 aliphatic heterocycles. The highest BCUT2D eigenvalue weighted by molar-refractivity contribution is 7.86. The van der Waals surface area contributed by atoms with Gasteiger partial charge in [0, 0.05) is 12.8 Å². The zero-order valence-electron chi connectivity index (χ0n) is 9.14. The topological polar surface area (TPSA) is 0 Å². The Morgan fingerprint density at radius 1 is 1.08 bits per heavy atom. The molecule has 1 fully saturated rings. The van der Waals surface area contributed by atoms with Crippen molar-refractivity contribution in [1.82, 2.24) is 0 Å². The molecule has 7 heteroatoms. The lowest BCUT2D eigenvalue weighted by Crippen LogP contribution is -2.58. The molecule has 0 bridgehead atoms. The van der Waals surface area contributed by atoms with Crippen LogP contribution in [0.15, 0.2) is 0 Å². The Morgan fingerprint density at radius 2 is 1.67 bits per heavy atom. The van der Waals surface area contributed by atoms with E-state index in [4.69, 9.17) is 0 Å². The van der Waals surface area contributed by atoms with Gasteiger partial charge in [-0.25, -0.2) is 0 Å². The molecule has 0 N–H and O–H groups in total. The first-order chi connectivity index (χ1) is 5.63. The molecule has 58 valence electrons. The van der Waals surface area contributed by atoms with Gasteiger partial charge < -0.3 is 0 Å². The summed E-state index contributed by atoms with van der Waals surface area (Å²) in [5.74, 6) is 0. The minimum Gasteiger partial charge on any atom is -0.0927 e. The van der Waals surface area contributed by atoms with Crippen molar-refractivity contribution in [3.63, 3.8) is 0 Å². The Bertz CT molecular complexity index is 138. The summed E-state index contributed by atoms with van der Waals surface area (Å²) < 4.78 is 0. The first-order valence-electron chi connectivity index (χ1n) is 5.63. The molecule has 0 saturated carbocycles. The van der Waals surface area contributed by atoms with Crippen molar-refractivity contribution in [2.75, 3.05) is 0 Å². The highest BCUT2D eigenvalue weighted by Crippen LogP contribution is 2.19. The molecule has 0 spiro atoms. The standard InChI is InChI=1S/C5H17B7/c1-9-4-2-3-5-10(9)12(8)11(6)7/h2-8H2,1H3. The Morgan fingerprint density at radius 3 is 2.17 bits per heavy atom. The third kappa shape index (κ3) is 2.47. The van der Waals surface area contributed by atoms with Crippen LogP contribution < -0.4 is 0 Å². The van der Waals surface area contributed by atoms with E-state index in [-0.39, 0.29) is 0 Å². The van der Waals surface area contributed by atoms with Gasteiger partial charge in [0.2, 0.25) is 0 Å². The molecule has 0 radical (unpaired) electrons. The largest absolute Gasteiger partial charge is 0.0961 e. The molecule has 1 heterocycles. The summed E-state index contributed by atoms with van der Waals surface area (Å²) in [5.41, 5.74) is 0. The van der Waals surface area contributed by atoms with Crippen LogP contribution in [0.2, 0.25) is 19.5 Å². The van der Waals surface area contributed by atoms with E-state index in [9.17, 15) is 0 Å². The smallest absolute Gasteiger partial charge is 0.0927 e. The van der Waals surface area contributed by atoms with Crippen molar-refractivity contribution in [3.8, 4) is 0 Å². The molecular weight excluding hydrogens is 136 g/mol. The van der Waals surface area contributed by atoms with E-state index < -0.39 is 0 Å². The average Bonchev–Trinajstić information content (AvgIpc) is 2.04. The van der Waals surface area contributed by atoms with Crippen LogP contribution in [-0.4, -0.2) is 49.1 Å². The Balaban J connectivity index is 2.47. The first kappa shape index (κ1) is 10.5. The van der Waals surface area contributed by atoms with Crippen LogP contribution in [0.3, 0.4) is 0 Å². The van der Waals surface area contributed by atoms with Crippen LogP contribution in [0.4, 0.5) is 0 Å². The van der Waals surface area contributed by atoms with Gasteiger partial charge in [-0.15, -0.1) is 0 Å². The van der Waals surface area contributed by atoms with Gasteiger partial charge in [-0.2, -0.15) is 0 Å². The predicted octanol–water partition coefficient (Wildman–Crippen LogP) is -1.99. The molecule has 0 nitrogen and oxygen atoms in total. The predicted molar refractivity (Wildman–Crippen MR) is 73.4 cm³/mol. The van der Waals surface area contributed by atoms with E-state index in [0.29, 0.717) is 0 Å². The summed E-state index contributed by atoms with van der Waals surface area (Å²) in [5, 5.41) is 0. The summed E-state index contributed by atoms with van der Waals surface area (Å²) >= 11 is 0. The van der Waals surface area contributed by atoms with Crippen LogP contribution in [0.1, 0.15) is 12.8 Å². The van der Waals surface area contributed by atoms with E-state index in [1.54, 1.807) is 0 Å². The molecule has 1 rings (SSSR count). The average molecular weight is 153 g/mol. The molecule has 0 amide bonds. The second-order valence-corrected chi connectivity index (χ2v) is 5.03. The maximum Gasteiger partial charge on any atom is 0.0961 e. The van der Waals surface area contributed by atoms with E-state index in [2.05, 4.69) is 30.0 Å². The quantitative estimate of drug-likeness (QED) is 0.403. The van der Waals surface area contributed by atoms with E-state index in [0.717, 1.165) is 25.9 Å². The minimum absolute atomic E-state index is 0.871. The molecule has 12 heavy (non-hydrogen) atoms. The van der Waals surface area contributed by atoms with Crippen molar-refractivity contribution in [3.05, 3.63) is 0 Å². The van der Waals surface area contributed by atoms with Gasteiger partial charge in [0.25, 0.3) is 0 Å². The molecule has 0 aliphatic carbocycles. The van der Waals surface area contributed by atoms with E-state index in [1.807, 2.05) is 0 Å². The Kier molecular flexibility index (Phi) is 4.06. The van der Waals surface area contributed by atoms with Gasteiger partial charge in [-0.3, -0.25) is 0 Å². The molecule has 0 aromatic rings. The summed E-state index contributed by atoms with van der Waals surface area (Å²) in [4.78, 5) is 0. The molecule has 0 aromatic carbocycles. The zero-order valence-corrected chi connectivity index (χ0v) is 9.14. The molecular formula is C5H17B7. The lowest BCUT2D eigenvalue weighted by molar-refractivity contribution is 0.859. The maximum atomic E-state index is 2.45. The zero-order chi connectivity index (χ0) is 9.14. The lowest BCUT2D eigenvalue weighted by atomic mass is 8.66. The molecule has 0 atom stereocenters. The second kappa shape index (κ2) is 4.62. The van der Waals surface area contributed by atoms with Gasteiger partial charge in [-0.1, -0.05) is 32.3 Å². The van der Waals surface area contributed by atoms with Crippen LogP contribution >= 0.6 is 0 Å². The highest BCUT2D eigenvalue weighted by Gasteiger charge is 2.33. The van der Waals surface area contributed by atoms with Gasteiger partial charge in [0.15, 0.2) is 0 Å². The van der Waals surface area contributed by atoms with Crippen molar-refractivity contribution in [1.29, 1.82) is 0 Å². The lowest BCUT2D eigenvalue weighted by Gasteiger charge is -2.29. The van der Waals surface area contributed by atoms with Crippen molar-refractivity contribution in [2.45, 2.75) is 32.3 Å². The number of hydrogen-bond donors (Lipinski definition) is 0. The van der Waals surface area contributed by atoms with Gasteiger partial charge in [0.1, 0.15) is 0 Å². The van der Waals surface area contributed by atoms with Gasteiger partial charge in [0.05, 0.1) is 36.3 Å². The third-order valence-corrected chi connectivity index (χ3v) is 3.90. The van der Waals surface area contributed by atoms with Crippen LogP contribution in [0, 0.1) is 0 Å². The molecule has 1 aliphatic rings. The fraction of sp³-hybridized carbons (Fsp3) is 1.00. The van der Waals surface area contributed by atoms with Crippen LogP contribution in [0.25, 0.3) is 0 Å². The Hall–Kier alpha value is 0.455. The fourth-order valence-electron chi connectivity index (χ4n) is 2.62. The Labute approximate surface area is 81.8 Å². The van der Waals surface area contributed by atoms with Crippen molar-refractivity contribution < 1.29 is 0 Å². The minimum atomic E-state index is 0.871. The summed E-state index contributed by atoms with van der Waals surface area (Å²) in [7, 11) is 7.18. The number of rotatable bonds is 2. The maximum absolute atomic E-state index is 2.45. The summed E-state index contributed by atoms with van der Waals surface area (Å²) in [6.45, 7) is 4.44. The fourth-order valence-corrected chi connectivity index (χ4v) is 2.62. The van der Waals surface area contributed by atoms with Crippen molar-refractivity contribution >= 4 is 49.1 Å². The number of hydrogen-bond acceptors (Lipinski definition) is 0. The first-order valence-corrected chi connectivity index (χ1v) is 5.63. The van der Waals surface area contributed by atoms with Crippen molar-refractivity contribution in [2.24, 2.45) is 0 Å². The van der Waals surface area contributed by atoms with E-state index >= 15 is 0 Å². The highest BCUT2D eigenvalue weighted by atomic mass is 13.9. The SMILES string of the molecule is BB(B)B(B)B1CCCCB1C. The van der Waals surface area contributed by atoms with Gasteiger partial charge >= 0.3 is 0 Å². The normalized spacial score (nSPS) is 17.8. The summed E-state index contributed by atoms with van der Waals surface area (Å²) in [6.07, 6.45) is 7.72. The monoisotopic (exact) mass is 154 g/mol. The van der Waals surface area contributed by atoms with Crippen LogP contribution in [-0.2, 0) is 0 Å². The van der Waals surface area contributed by atoms with Gasteiger partial charge in [-0.05, 0) is 0 Å². The molecule has 0 unspecified atom stereocenters. The van der Waals surface area contributed by atoms with E-state index in [1.165, 1.54) is 25.5 Å². The van der Waals surface area contributed by atoms with Crippen LogP contribution in [0.5, 0.6) is 0 Å².